The van der Waals surface area contributed by atoms with E-state index in [9.17, 15) is 0 Å². The van der Waals surface area contributed by atoms with Gasteiger partial charge in [0.25, 0.3) is 5.78 Å². The molecule has 0 saturated carbocycles. The number of nitrogens with one attached hydrogen (secondary N) is 1. The molecule has 2 saturated heterocycles. The summed E-state index contributed by atoms with van der Waals surface area (Å²) >= 11 is 6.03. The van der Waals surface area contributed by atoms with Crippen molar-refractivity contribution in [3.8, 4) is 0 Å². The molecule has 19 heavy (non-hydrogen) atoms. The third-order valence-corrected chi connectivity index (χ3v) is 4.35. The Morgan fingerprint density at radius 1 is 1.32 bits per heavy atom. The molecule has 7 heteroatoms. The van der Waals surface area contributed by atoms with Crippen LogP contribution in [0.15, 0.2) is 12.4 Å². The first-order chi connectivity index (χ1) is 9.31. The highest BCUT2D eigenvalue weighted by Crippen LogP contribution is 2.30. The predicted octanol–water partition coefficient (Wildman–Crippen LogP) is 1.43. The zero-order chi connectivity index (χ0) is 12.8. The molecule has 2 aliphatic heterocycles. The van der Waals surface area contributed by atoms with Gasteiger partial charge in [0.2, 0.25) is 0 Å². The molecule has 2 aliphatic rings. The van der Waals surface area contributed by atoms with Crippen LogP contribution >= 0.6 is 11.6 Å². The zero-order valence-electron chi connectivity index (χ0n) is 10.5. The van der Waals surface area contributed by atoms with E-state index in [1.54, 1.807) is 4.52 Å². The number of hydrogen-bond donors (Lipinski definition) is 1. The van der Waals surface area contributed by atoms with Gasteiger partial charge in [0.1, 0.15) is 17.3 Å². The standard InChI is InChI=1S/C12H15ClN6/c13-10-6-11(19-12(17-10)14-7-15-19)16-8-3-5-18-4-1-2-9(8)18/h6-9,16H,1-5H2. The van der Waals surface area contributed by atoms with Gasteiger partial charge in [-0.1, -0.05) is 11.6 Å². The molecule has 0 radical (unpaired) electrons. The molecule has 2 atom stereocenters. The number of nitrogens with zero attached hydrogens (tertiary/aromatic N) is 5. The van der Waals surface area contributed by atoms with Crippen molar-refractivity contribution in [1.29, 1.82) is 0 Å². The van der Waals surface area contributed by atoms with Crippen molar-refractivity contribution >= 4 is 23.2 Å². The maximum atomic E-state index is 6.03. The second-order valence-corrected chi connectivity index (χ2v) is 5.61. The first kappa shape index (κ1) is 11.4. The smallest absolute Gasteiger partial charge is 0.255 e. The van der Waals surface area contributed by atoms with Gasteiger partial charge >= 0.3 is 0 Å². The maximum absolute atomic E-state index is 6.03. The van der Waals surface area contributed by atoms with Crippen LogP contribution < -0.4 is 5.32 Å². The molecule has 0 aliphatic carbocycles. The number of rotatable bonds is 2. The summed E-state index contributed by atoms with van der Waals surface area (Å²) in [7, 11) is 0. The zero-order valence-corrected chi connectivity index (χ0v) is 11.2. The van der Waals surface area contributed by atoms with Gasteiger partial charge in [0, 0.05) is 24.7 Å². The van der Waals surface area contributed by atoms with Crippen molar-refractivity contribution in [2.75, 3.05) is 18.4 Å². The summed E-state index contributed by atoms with van der Waals surface area (Å²) < 4.78 is 1.71. The highest BCUT2D eigenvalue weighted by atomic mass is 35.5. The van der Waals surface area contributed by atoms with E-state index in [0.29, 0.717) is 23.0 Å². The van der Waals surface area contributed by atoms with Crippen molar-refractivity contribution < 1.29 is 0 Å². The molecule has 0 spiro atoms. The lowest BCUT2D eigenvalue weighted by molar-refractivity contribution is 0.318. The largest absolute Gasteiger partial charge is 0.365 e. The minimum atomic E-state index is 0.448. The molecule has 0 amide bonds. The summed E-state index contributed by atoms with van der Waals surface area (Å²) in [6.07, 6.45) is 5.25. The Morgan fingerprint density at radius 3 is 3.21 bits per heavy atom. The number of fused-ring (bicyclic) bond motifs is 2. The van der Waals surface area contributed by atoms with Gasteiger partial charge in [-0.15, -0.1) is 0 Å². The molecule has 6 nitrogen and oxygen atoms in total. The summed E-state index contributed by atoms with van der Waals surface area (Å²) in [6, 6.07) is 2.93. The summed E-state index contributed by atoms with van der Waals surface area (Å²) in [5.41, 5.74) is 0. The average molecular weight is 279 g/mol. The molecule has 2 aromatic rings. The van der Waals surface area contributed by atoms with Crippen molar-refractivity contribution in [3.05, 3.63) is 17.5 Å². The molecular formula is C12H15ClN6. The lowest BCUT2D eigenvalue weighted by atomic mass is 10.1. The van der Waals surface area contributed by atoms with Gasteiger partial charge < -0.3 is 5.32 Å². The van der Waals surface area contributed by atoms with Gasteiger partial charge in [0.05, 0.1) is 0 Å². The normalized spacial score (nSPS) is 27.0. The van der Waals surface area contributed by atoms with E-state index in [-0.39, 0.29) is 0 Å². The van der Waals surface area contributed by atoms with Gasteiger partial charge in [0.15, 0.2) is 0 Å². The van der Waals surface area contributed by atoms with Crippen LogP contribution in [-0.4, -0.2) is 49.7 Å². The lowest BCUT2D eigenvalue weighted by Gasteiger charge is -2.22. The van der Waals surface area contributed by atoms with Crippen LogP contribution in [0.2, 0.25) is 5.15 Å². The topological polar surface area (TPSA) is 58.4 Å². The second-order valence-electron chi connectivity index (χ2n) is 5.22. The van der Waals surface area contributed by atoms with E-state index in [0.717, 1.165) is 5.82 Å². The third kappa shape index (κ3) is 1.86. The van der Waals surface area contributed by atoms with Gasteiger partial charge in [-0.3, -0.25) is 4.90 Å². The first-order valence-electron chi connectivity index (χ1n) is 6.68. The van der Waals surface area contributed by atoms with E-state index in [1.165, 1.54) is 38.7 Å². The van der Waals surface area contributed by atoms with Gasteiger partial charge in [-0.05, 0) is 25.8 Å². The van der Waals surface area contributed by atoms with Crippen LogP contribution in [0.1, 0.15) is 19.3 Å². The van der Waals surface area contributed by atoms with E-state index in [4.69, 9.17) is 11.6 Å². The fourth-order valence-electron chi connectivity index (χ4n) is 3.33. The molecule has 2 unspecified atom stereocenters. The van der Waals surface area contributed by atoms with E-state index >= 15 is 0 Å². The highest BCUT2D eigenvalue weighted by molar-refractivity contribution is 6.29. The summed E-state index contributed by atoms with van der Waals surface area (Å²) in [4.78, 5) is 10.8. The number of anilines is 1. The molecule has 1 N–H and O–H groups in total. The van der Waals surface area contributed by atoms with Gasteiger partial charge in [-0.25, -0.2) is 0 Å². The Morgan fingerprint density at radius 2 is 2.26 bits per heavy atom. The van der Waals surface area contributed by atoms with Crippen molar-refractivity contribution in [3.63, 3.8) is 0 Å². The molecule has 100 valence electrons. The highest BCUT2D eigenvalue weighted by Gasteiger charge is 2.37. The van der Waals surface area contributed by atoms with E-state index in [2.05, 4.69) is 25.3 Å². The molecule has 4 heterocycles. The first-order valence-corrected chi connectivity index (χ1v) is 7.06. The molecule has 2 fully saturated rings. The van der Waals surface area contributed by atoms with Crippen LogP contribution in [0.25, 0.3) is 5.78 Å². The van der Waals surface area contributed by atoms with E-state index < -0.39 is 0 Å². The van der Waals surface area contributed by atoms with Crippen LogP contribution in [0, 0.1) is 0 Å². The minimum absolute atomic E-state index is 0.448. The quantitative estimate of drug-likeness (QED) is 0.842. The SMILES string of the molecule is Clc1cc(NC2CCN3CCCC23)n2ncnc2n1. The fourth-order valence-corrected chi connectivity index (χ4v) is 3.51. The lowest BCUT2D eigenvalue weighted by Crippen LogP contribution is -2.34. The van der Waals surface area contributed by atoms with Crippen molar-refractivity contribution in [1.82, 2.24) is 24.5 Å². The monoisotopic (exact) mass is 278 g/mol. The summed E-state index contributed by atoms with van der Waals surface area (Å²) in [5.74, 6) is 1.42. The Bertz CT molecular complexity index is 611. The number of aromatic nitrogens is 4. The molecular weight excluding hydrogens is 264 g/mol. The Hall–Kier alpha value is -1.40. The number of hydrogen-bond acceptors (Lipinski definition) is 5. The molecule has 0 bridgehead atoms. The van der Waals surface area contributed by atoms with Crippen molar-refractivity contribution in [2.45, 2.75) is 31.3 Å². The summed E-state index contributed by atoms with van der Waals surface area (Å²) in [5, 5.41) is 8.22. The van der Waals surface area contributed by atoms with Crippen LogP contribution in [0.4, 0.5) is 5.82 Å². The van der Waals surface area contributed by atoms with Crippen LogP contribution in [-0.2, 0) is 0 Å². The summed E-state index contributed by atoms with van der Waals surface area (Å²) in [6.45, 7) is 2.42. The maximum Gasteiger partial charge on any atom is 0.255 e. The van der Waals surface area contributed by atoms with Crippen LogP contribution in [0.3, 0.4) is 0 Å². The Kier molecular flexibility index (Phi) is 2.60. The number of halogens is 1. The predicted molar refractivity (Wildman–Crippen MR) is 72.4 cm³/mol. The third-order valence-electron chi connectivity index (χ3n) is 4.16. The Labute approximate surface area is 115 Å². The molecule has 2 aromatic heterocycles. The van der Waals surface area contributed by atoms with Crippen LogP contribution in [0.5, 0.6) is 0 Å². The average Bonchev–Trinajstić information content (AvgIpc) is 3.05. The van der Waals surface area contributed by atoms with E-state index in [1.807, 2.05) is 6.07 Å². The van der Waals surface area contributed by atoms with Gasteiger partial charge in [-0.2, -0.15) is 19.6 Å². The second kappa shape index (κ2) is 4.31. The molecule has 4 rings (SSSR count). The van der Waals surface area contributed by atoms with Crippen molar-refractivity contribution in [2.24, 2.45) is 0 Å². The molecule has 0 aromatic carbocycles. The minimum Gasteiger partial charge on any atom is -0.365 e. The Balaban J connectivity index is 1.66. The fraction of sp³-hybridized carbons (Fsp3) is 0.583.